The number of sulfone groups is 1. The van der Waals surface area contributed by atoms with Crippen LogP contribution in [0.15, 0.2) is 40.1 Å². The van der Waals surface area contributed by atoms with Crippen molar-refractivity contribution in [2.75, 3.05) is 0 Å². The molecular weight excluding hydrogens is 276 g/mol. The molecule has 110 valence electrons. The monoisotopic (exact) mass is 296 g/mol. The lowest BCUT2D eigenvalue weighted by atomic mass is 10.2. The van der Waals surface area contributed by atoms with Crippen LogP contribution in [-0.4, -0.2) is 31.8 Å². The van der Waals surface area contributed by atoms with Gasteiger partial charge in [-0.1, -0.05) is 24.6 Å². The van der Waals surface area contributed by atoms with Gasteiger partial charge >= 0.3 is 0 Å². The second-order valence-electron chi connectivity index (χ2n) is 5.12. The van der Waals surface area contributed by atoms with Crippen LogP contribution in [0.3, 0.4) is 0 Å². The molecule has 0 spiro atoms. The van der Waals surface area contributed by atoms with Crippen molar-refractivity contribution < 1.29 is 18.3 Å². The van der Waals surface area contributed by atoms with E-state index in [-0.39, 0.29) is 22.0 Å². The summed E-state index contributed by atoms with van der Waals surface area (Å²) >= 11 is 0. The van der Waals surface area contributed by atoms with Crippen molar-refractivity contribution in [3.05, 3.63) is 40.8 Å². The van der Waals surface area contributed by atoms with Crippen LogP contribution in [0.1, 0.15) is 25.8 Å². The van der Waals surface area contributed by atoms with Gasteiger partial charge in [-0.3, -0.25) is 0 Å². The Hall–Kier alpha value is -1.17. The molecule has 0 unspecified atom stereocenters. The van der Waals surface area contributed by atoms with Gasteiger partial charge in [0.25, 0.3) is 0 Å². The number of hydrogen-bond acceptors (Lipinski definition) is 4. The molecular formula is C15H20O4S. The molecule has 2 rings (SSSR count). The van der Waals surface area contributed by atoms with Crippen molar-refractivity contribution in [1.82, 2.24) is 0 Å². The van der Waals surface area contributed by atoms with Gasteiger partial charge in [-0.15, -0.1) is 0 Å². The lowest BCUT2D eigenvalue weighted by molar-refractivity contribution is 0.213. The Balaban J connectivity index is 2.41. The minimum Gasteiger partial charge on any atom is -0.388 e. The fraction of sp³-hybridized carbons (Fsp3) is 0.467. The molecule has 0 radical (unpaired) electrons. The van der Waals surface area contributed by atoms with Crippen LogP contribution in [0.5, 0.6) is 0 Å². The Kier molecular flexibility index (Phi) is 4.32. The highest BCUT2D eigenvalue weighted by Gasteiger charge is 2.36. The minimum atomic E-state index is -3.68. The molecule has 1 aliphatic heterocycles. The molecule has 4 nitrogen and oxygen atoms in total. The Morgan fingerprint density at radius 1 is 1.40 bits per heavy atom. The first-order valence-electron chi connectivity index (χ1n) is 6.73. The van der Waals surface area contributed by atoms with Crippen molar-refractivity contribution >= 4 is 9.84 Å². The van der Waals surface area contributed by atoms with Crippen LogP contribution >= 0.6 is 0 Å². The number of rotatable bonds is 5. The van der Waals surface area contributed by atoms with Gasteiger partial charge in [-0.05, 0) is 38.5 Å². The smallest absolute Gasteiger partial charge is 0.205 e. The third-order valence-corrected chi connectivity index (χ3v) is 5.36. The molecule has 0 saturated carbocycles. The summed E-state index contributed by atoms with van der Waals surface area (Å²) in [5, 5.41) is 10.0. The number of hydrogen-bond donors (Lipinski definition) is 1. The van der Waals surface area contributed by atoms with E-state index in [0.717, 1.165) is 5.56 Å². The topological polar surface area (TPSA) is 66.9 Å². The third-order valence-electron chi connectivity index (χ3n) is 3.44. The van der Waals surface area contributed by atoms with Crippen LogP contribution in [0, 0.1) is 6.92 Å². The second-order valence-corrected chi connectivity index (χ2v) is 7.07. The molecule has 1 aromatic rings. The van der Waals surface area contributed by atoms with E-state index in [4.69, 9.17) is 4.74 Å². The van der Waals surface area contributed by atoms with Crippen molar-refractivity contribution in [1.29, 1.82) is 0 Å². The normalized spacial score (nSPS) is 24.5. The van der Waals surface area contributed by atoms with E-state index in [1.54, 1.807) is 31.2 Å². The van der Waals surface area contributed by atoms with Crippen LogP contribution < -0.4 is 0 Å². The van der Waals surface area contributed by atoms with Gasteiger partial charge in [0, 0.05) is 0 Å². The molecule has 20 heavy (non-hydrogen) atoms. The maximum Gasteiger partial charge on any atom is 0.205 e. The largest absolute Gasteiger partial charge is 0.388 e. The number of aliphatic hydroxyl groups excluding tert-OH is 1. The van der Waals surface area contributed by atoms with Gasteiger partial charge in [0.05, 0.1) is 22.0 Å². The van der Waals surface area contributed by atoms with E-state index in [2.05, 4.69) is 0 Å². The fourth-order valence-electron chi connectivity index (χ4n) is 1.97. The van der Waals surface area contributed by atoms with E-state index < -0.39 is 15.9 Å². The number of ether oxygens (including phenoxy) is 1. The Bertz CT molecular complexity index is 601. The van der Waals surface area contributed by atoms with Gasteiger partial charge in [0.1, 0.15) is 6.10 Å². The number of aliphatic hydroxyl groups is 1. The van der Waals surface area contributed by atoms with Gasteiger partial charge in [0.15, 0.2) is 0 Å². The number of epoxide rings is 1. The van der Waals surface area contributed by atoms with E-state index in [0.29, 0.717) is 6.42 Å². The molecule has 1 saturated heterocycles. The Morgan fingerprint density at radius 3 is 2.40 bits per heavy atom. The van der Waals surface area contributed by atoms with Gasteiger partial charge < -0.3 is 9.84 Å². The van der Waals surface area contributed by atoms with E-state index >= 15 is 0 Å². The number of aryl methyl sites for hydroxylation is 1. The lowest BCUT2D eigenvalue weighted by Crippen LogP contribution is -2.19. The van der Waals surface area contributed by atoms with Crippen LogP contribution in [-0.2, 0) is 14.6 Å². The van der Waals surface area contributed by atoms with Gasteiger partial charge in [0.2, 0.25) is 9.84 Å². The van der Waals surface area contributed by atoms with Crippen LogP contribution in [0.25, 0.3) is 0 Å². The first kappa shape index (κ1) is 15.2. The molecule has 0 aliphatic carbocycles. The predicted molar refractivity (Wildman–Crippen MR) is 77.1 cm³/mol. The third kappa shape index (κ3) is 3.11. The van der Waals surface area contributed by atoms with E-state index in [9.17, 15) is 13.5 Å². The fourth-order valence-corrected chi connectivity index (χ4v) is 3.58. The zero-order chi connectivity index (χ0) is 14.9. The zero-order valence-corrected chi connectivity index (χ0v) is 12.7. The second kappa shape index (κ2) is 5.68. The molecule has 1 N–H and O–H groups in total. The quantitative estimate of drug-likeness (QED) is 0.846. The lowest BCUT2D eigenvalue weighted by Gasteiger charge is -2.14. The molecule has 1 aromatic carbocycles. The van der Waals surface area contributed by atoms with Crippen molar-refractivity contribution in [3.8, 4) is 0 Å². The molecule has 5 heteroatoms. The minimum absolute atomic E-state index is 0.0160. The molecule has 0 amide bonds. The summed E-state index contributed by atoms with van der Waals surface area (Å²) in [6.45, 7) is 5.52. The van der Waals surface area contributed by atoms with Crippen molar-refractivity contribution in [3.63, 3.8) is 0 Å². The van der Waals surface area contributed by atoms with Crippen molar-refractivity contribution in [2.24, 2.45) is 0 Å². The van der Waals surface area contributed by atoms with Crippen LogP contribution in [0.4, 0.5) is 0 Å². The maximum absolute atomic E-state index is 12.6. The molecule has 1 aliphatic rings. The highest BCUT2D eigenvalue weighted by atomic mass is 32.2. The van der Waals surface area contributed by atoms with Crippen LogP contribution in [0.2, 0.25) is 0 Å². The van der Waals surface area contributed by atoms with Crippen molar-refractivity contribution in [2.45, 2.75) is 50.4 Å². The Morgan fingerprint density at radius 2 is 1.95 bits per heavy atom. The average Bonchev–Trinajstić information content (AvgIpc) is 3.11. The van der Waals surface area contributed by atoms with Gasteiger partial charge in [-0.25, -0.2) is 8.42 Å². The molecule has 0 aromatic heterocycles. The highest BCUT2D eigenvalue weighted by Crippen LogP contribution is 2.30. The summed E-state index contributed by atoms with van der Waals surface area (Å²) in [5.41, 5.74) is 0.990. The first-order valence-corrected chi connectivity index (χ1v) is 8.21. The summed E-state index contributed by atoms with van der Waals surface area (Å²) in [6, 6.07) is 6.63. The average molecular weight is 296 g/mol. The molecule has 1 heterocycles. The standard InChI is InChI=1S/C15H20O4S/c1-4-13(16)15(9-14-11(3)19-14)20(17,18)12-7-5-10(2)6-8-12/h5-9,11,13-14,16H,4H2,1-3H3/b15-9+/t11-,13+,14-/m1/s1. The van der Waals surface area contributed by atoms with E-state index in [1.807, 2.05) is 13.8 Å². The highest BCUT2D eigenvalue weighted by molar-refractivity contribution is 7.95. The first-order chi connectivity index (χ1) is 9.36. The molecule has 0 bridgehead atoms. The molecule has 3 atom stereocenters. The van der Waals surface area contributed by atoms with E-state index in [1.165, 1.54) is 6.08 Å². The Labute approximate surface area is 120 Å². The molecule has 1 fully saturated rings. The summed E-state index contributed by atoms with van der Waals surface area (Å²) in [4.78, 5) is 0.244. The summed E-state index contributed by atoms with van der Waals surface area (Å²) in [7, 11) is -3.68. The maximum atomic E-state index is 12.6. The number of benzene rings is 1. The summed E-state index contributed by atoms with van der Waals surface area (Å²) < 4.78 is 30.5. The summed E-state index contributed by atoms with van der Waals surface area (Å²) in [5.74, 6) is 0. The summed E-state index contributed by atoms with van der Waals surface area (Å²) in [6.07, 6.45) is 0.679. The predicted octanol–water partition coefficient (Wildman–Crippen LogP) is 2.21. The zero-order valence-electron chi connectivity index (χ0n) is 11.9. The van der Waals surface area contributed by atoms with Gasteiger partial charge in [-0.2, -0.15) is 0 Å². The SMILES string of the molecule is CC[C@H](O)/C(=C\[C@H]1O[C@@H]1C)S(=O)(=O)c1ccc(C)cc1.